The van der Waals surface area contributed by atoms with Gasteiger partial charge in [0.2, 0.25) is 0 Å². The zero-order chi connectivity index (χ0) is 15.6. The summed E-state index contributed by atoms with van der Waals surface area (Å²) in [5, 5.41) is 3.47. The van der Waals surface area contributed by atoms with E-state index in [1.807, 2.05) is 27.7 Å². The Hall–Kier alpha value is -1.33. The van der Waals surface area contributed by atoms with Crippen LogP contribution in [0.3, 0.4) is 0 Å². The molecule has 116 valence electrons. The molecule has 1 N–H and O–H groups in total. The second kappa shape index (κ2) is 6.20. The maximum Gasteiger partial charge on any atom is 0.274 e. The summed E-state index contributed by atoms with van der Waals surface area (Å²) in [6.07, 6.45) is -0.00609. The van der Waals surface area contributed by atoms with Gasteiger partial charge < -0.3 is 15.0 Å². The van der Waals surface area contributed by atoms with Crippen LogP contribution >= 0.6 is 11.6 Å². The van der Waals surface area contributed by atoms with Crippen molar-refractivity contribution in [2.75, 3.05) is 25.0 Å². The quantitative estimate of drug-likeness (QED) is 0.932. The fourth-order valence-corrected chi connectivity index (χ4v) is 2.82. The minimum atomic E-state index is -0.362. The summed E-state index contributed by atoms with van der Waals surface area (Å²) in [4.78, 5) is 18.8. The van der Waals surface area contributed by atoms with Gasteiger partial charge in [-0.25, -0.2) is 4.98 Å². The molecule has 1 atom stereocenters. The molecule has 1 aromatic heterocycles. The number of pyridine rings is 1. The predicted molar refractivity (Wildman–Crippen MR) is 83.9 cm³/mol. The molecule has 1 aromatic rings. The molecule has 0 aliphatic carbocycles. The molecule has 1 aliphatic rings. The predicted octanol–water partition coefficient (Wildman–Crippen LogP) is 2.81. The van der Waals surface area contributed by atoms with Gasteiger partial charge in [0.05, 0.1) is 16.7 Å². The van der Waals surface area contributed by atoms with Crippen molar-refractivity contribution in [1.82, 2.24) is 9.88 Å². The van der Waals surface area contributed by atoms with E-state index in [2.05, 4.69) is 10.3 Å². The Kier molecular flexibility index (Phi) is 4.74. The highest BCUT2D eigenvalue weighted by molar-refractivity contribution is 6.33. The van der Waals surface area contributed by atoms with E-state index in [9.17, 15) is 4.79 Å². The van der Waals surface area contributed by atoms with Crippen molar-refractivity contribution in [3.8, 4) is 0 Å². The molecule has 2 rings (SSSR count). The summed E-state index contributed by atoms with van der Waals surface area (Å²) in [6.45, 7) is 9.71. The molecule has 0 spiro atoms. The molecule has 1 fully saturated rings. The number of nitrogens with one attached hydrogen (secondary N) is 1. The minimum Gasteiger partial charge on any atom is -0.370 e. The molecule has 2 heterocycles. The highest BCUT2D eigenvalue weighted by Gasteiger charge is 2.35. The Balaban J connectivity index is 2.25. The zero-order valence-corrected chi connectivity index (χ0v) is 13.7. The van der Waals surface area contributed by atoms with Crippen molar-refractivity contribution in [1.29, 1.82) is 0 Å². The van der Waals surface area contributed by atoms with Crippen LogP contribution in [-0.4, -0.2) is 47.1 Å². The summed E-state index contributed by atoms with van der Waals surface area (Å²) in [6, 6.07) is 3.48. The van der Waals surface area contributed by atoms with Gasteiger partial charge in [0.1, 0.15) is 11.5 Å². The molecule has 21 heavy (non-hydrogen) atoms. The number of nitrogens with zero attached hydrogens (tertiary/aromatic N) is 2. The van der Waals surface area contributed by atoms with Crippen molar-refractivity contribution in [3.05, 3.63) is 22.8 Å². The number of aromatic nitrogens is 1. The number of carbonyl (C=O) groups excluding carboxylic acids is 1. The summed E-state index contributed by atoms with van der Waals surface area (Å²) in [5.41, 5.74) is -0.0703. The van der Waals surface area contributed by atoms with Gasteiger partial charge >= 0.3 is 0 Å². The molecule has 0 saturated carbocycles. The van der Waals surface area contributed by atoms with Gasteiger partial charge in [0.15, 0.2) is 0 Å². The molecule has 1 saturated heterocycles. The van der Waals surface area contributed by atoms with Crippen LogP contribution in [0.2, 0.25) is 5.02 Å². The average molecular weight is 312 g/mol. The molecule has 0 radical (unpaired) electrons. The molecule has 5 nitrogen and oxygen atoms in total. The van der Waals surface area contributed by atoms with Crippen LogP contribution in [0.25, 0.3) is 0 Å². The van der Waals surface area contributed by atoms with Gasteiger partial charge in [-0.15, -0.1) is 0 Å². The smallest absolute Gasteiger partial charge is 0.274 e. The lowest BCUT2D eigenvalue weighted by Gasteiger charge is -2.41. The van der Waals surface area contributed by atoms with Crippen LogP contribution < -0.4 is 5.32 Å². The highest BCUT2D eigenvalue weighted by Crippen LogP contribution is 2.24. The van der Waals surface area contributed by atoms with Crippen LogP contribution in [0.5, 0.6) is 0 Å². The van der Waals surface area contributed by atoms with Crippen molar-refractivity contribution >= 4 is 23.3 Å². The van der Waals surface area contributed by atoms with Gasteiger partial charge in [0.25, 0.3) is 5.91 Å². The zero-order valence-electron chi connectivity index (χ0n) is 12.9. The van der Waals surface area contributed by atoms with Crippen LogP contribution in [0.15, 0.2) is 12.1 Å². The lowest BCUT2D eigenvalue weighted by molar-refractivity contribution is -0.118. The van der Waals surface area contributed by atoms with Gasteiger partial charge in [-0.05, 0) is 39.8 Å². The van der Waals surface area contributed by atoms with Crippen LogP contribution in [0, 0.1) is 0 Å². The maximum absolute atomic E-state index is 12.7. The van der Waals surface area contributed by atoms with E-state index in [0.717, 1.165) is 6.54 Å². The van der Waals surface area contributed by atoms with E-state index in [1.54, 1.807) is 17.0 Å². The molecule has 1 aliphatic heterocycles. The standard InChI is InChI=1S/C15H22ClN3O2/c1-5-17-12-7-6-11(16)13(18-12)14(20)19-8-10(2)21-15(3,4)9-19/h6-7,10H,5,8-9H2,1-4H3,(H,17,18). The van der Waals surface area contributed by atoms with E-state index in [0.29, 0.717) is 29.6 Å². The van der Waals surface area contributed by atoms with Crippen LogP contribution in [0.4, 0.5) is 5.82 Å². The number of amides is 1. The molecule has 1 amide bonds. The summed E-state index contributed by atoms with van der Waals surface area (Å²) in [7, 11) is 0. The SMILES string of the molecule is CCNc1ccc(Cl)c(C(=O)N2CC(C)OC(C)(C)C2)n1. The number of carbonyl (C=O) groups is 1. The summed E-state index contributed by atoms with van der Waals surface area (Å²) >= 11 is 6.15. The Morgan fingerprint density at radius 1 is 1.57 bits per heavy atom. The van der Waals surface area contributed by atoms with Crippen molar-refractivity contribution in [2.45, 2.75) is 39.4 Å². The average Bonchev–Trinajstić information content (AvgIpc) is 2.38. The Bertz CT molecular complexity index is 534. The number of anilines is 1. The fourth-order valence-electron chi connectivity index (χ4n) is 2.63. The number of rotatable bonds is 3. The molecular weight excluding hydrogens is 290 g/mol. The van der Waals surface area contributed by atoms with Gasteiger partial charge in [-0.3, -0.25) is 4.79 Å². The van der Waals surface area contributed by atoms with E-state index in [-0.39, 0.29) is 17.6 Å². The maximum atomic E-state index is 12.7. The van der Waals surface area contributed by atoms with Crippen molar-refractivity contribution in [3.63, 3.8) is 0 Å². The second-order valence-corrected chi connectivity index (χ2v) is 6.34. The molecule has 0 bridgehead atoms. The van der Waals surface area contributed by atoms with E-state index in [1.165, 1.54) is 0 Å². The number of ether oxygens (including phenoxy) is 1. The van der Waals surface area contributed by atoms with E-state index >= 15 is 0 Å². The molecule has 0 aromatic carbocycles. The summed E-state index contributed by atoms with van der Waals surface area (Å²) in [5.74, 6) is 0.508. The van der Waals surface area contributed by atoms with Crippen LogP contribution in [0.1, 0.15) is 38.2 Å². The largest absolute Gasteiger partial charge is 0.370 e. The lowest BCUT2D eigenvalue weighted by Crippen LogP contribution is -2.54. The molecule has 6 heteroatoms. The highest BCUT2D eigenvalue weighted by atomic mass is 35.5. The monoisotopic (exact) mass is 311 g/mol. The van der Waals surface area contributed by atoms with Crippen molar-refractivity contribution < 1.29 is 9.53 Å². The summed E-state index contributed by atoms with van der Waals surface area (Å²) < 4.78 is 5.82. The molecule has 1 unspecified atom stereocenters. The topological polar surface area (TPSA) is 54.5 Å². The Labute approximate surface area is 130 Å². The first-order valence-corrected chi connectivity index (χ1v) is 7.57. The third-order valence-electron chi connectivity index (χ3n) is 3.26. The third-order valence-corrected chi connectivity index (χ3v) is 3.57. The van der Waals surface area contributed by atoms with Gasteiger partial charge in [-0.2, -0.15) is 0 Å². The first-order valence-electron chi connectivity index (χ1n) is 7.20. The molecular formula is C15H22ClN3O2. The number of morpholine rings is 1. The number of halogens is 1. The Morgan fingerprint density at radius 2 is 2.29 bits per heavy atom. The third kappa shape index (κ3) is 3.86. The number of hydrogen-bond acceptors (Lipinski definition) is 4. The fraction of sp³-hybridized carbons (Fsp3) is 0.600. The Morgan fingerprint density at radius 3 is 2.90 bits per heavy atom. The second-order valence-electron chi connectivity index (χ2n) is 5.93. The van der Waals surface area contributed by atoms with Crippen LogP contribution in [-0.2, 0) is 4.74 Å². The minimum absolute atomic E-state index is 0.00609. The first kappa shape index (κ1) is 16.0. The van der Waals surface area contributed by atoms with Gasteiger partial charge in [0, 0.05) is 19.6 Å². The van der Waals surface area contributed by atoms with E-state index < -0.39 is 0 Å². The normalized spacial score (nSPS) is 21.2. The van der Waals surface area contributed by atoms with Gasteiger partial charge in [-0.1, -0.05) is 11.6 Å². The van der Waals surface area contributed by atoms with Crippen molar-refractivity contribution in [2.24, 2.45) is 0 Å². The van der Waals surface area contributed by atoms with E-state index in [4.69, 9.17) is 16.3 Å². The number of hydrogen-bond donors (Lipinski definition) is 1. The lowest BCUT2D eigenvalue weighted by atomic mass is 10.1. The first-order chi connectivity index (χ1) is 9.82.